The van der Waals surface area contributed by atoms with Crippen molar-refractivity contribution in [2.75, 3.05) is 18.5 Å². The van der Waals surface area contributed by atoms with Crippen molar-refractivity contribution < 1.29 is 14.1 Å². The van der Waals surface area contributed by atoms with E-state index >= 15 is 0 Å². The van der Waals surface area contributed by atoms with Crippen molar-refractivity contribution in [1.29, 1.82) is 0 Å². The van der Waals surface area contributed by atoms with Crippen LogP contribution in [0.15, 0.2) is 42.7 Å². The van der Waals surface area contributed by atoms with Gasteiger partial charge in [-0.2, -0.15) is 0 Å². The summed E-state index contributed by atoms with van der Waals surface area (Å²) >= 11 is -1.20. The summed E-state index contributed by atoms with van der Waals surface area (Å²) in [7, 11) is 0. The Balaban J connectivity index is 1.41. The fourth-order valence-electron chi connectivity index (χ4n) is 3.36. The Labute approximate surface area is 174 Å². The van der Waals surface area contributed by atoms with Gasteiger partial charge >= 0.3 is 6.03 Å². The maximum absolute atomic E-state index is 12.6. The maximum Gasteiger partial charge on any atom is 0.322 e. The van der Waals surface area contributed by atoms with Gasteiger partial charge in [-0.25, -0.2) is 4.79 Å². The SMILES string of the molecule is CC(C)(C)[S+]([O-])NC1(c2ccc(NC(=O)N3Cc4ccncc4C3)cc2)COC1. The molecule has 1 aromatic heterocycles. The third-order valence-electron chi connectivity index (χ3n) is 5.24. The lowest BCUT2D eigenvalue weighted by Gasteiger charge is -2.43. The van der Waals surface area contributed by atoms with Gasteiger partial charge < -0.3 is 19.5 Å². The lowest BCUT2D eigenvalue weighted by Crippen LogP contribution is -2.61. The quantitative estimate of drug-likeness (QED) is 0.751. The van der Waals surface area contributed by atoms with Crippen LogP contribution in [-0.2, 0) is 34.7 Å². The standard InChI is InChI=1S/C21H26N4O3S/c1-20(2,3)29(27)24-21(13-28-14-21)17-4-6-18(7-5-17)23-19(26)25-11-15-8-9-22-10-16(15)12-25/h4-10,24H,11-14H2,1-3H3,(H,23,26). The van der Waals surface area contributed by atoms with Crippen LogP contribution in [0.25, 0.3) is 0 Å². The fourth-order valence-corrected chi connectivity index (χ4v) is 4.26. The van der Waals surface area contributed by atoms with E-state index in [4.69, 9.17) is 4.74 Å². The molecule has 4 rings (SSSR count). The molecule has 2 amide bonds. The zero-order valence-electron chi connectivity index (χ0n) is 16.9. The van der Waals surface area contributed by atoms with Crippen LogP contribution < -0.4 is 10.0 Å². The van der Waals surface area contributed by atoms with Crippen molar-refractivity contribution in [1.82, 2.24) is 14.6 Å². The van der Waals surface area contributed by atoms with Gasteiger partial charge in [-0.3, -0.25) is 4.98 Å². The number of fused-ring (bicyclic) bond motifs is 1. The number of anilines is 1. The van der Waals surface area contributed by atoms with E-state index in [0.29, 0.717) is 26.3 Å². The number of nitrogens with zero attached hydrogens (tertiary/aromatic N) is 2. The Bertz CT molecular complexity index is 869. The second-order valence-corrected chi connectivity index (χ2v) is 10.5. The Hall–Kier alpha value is -2.13. The Kier molecular flexibility index (Phi) is 5.29. The smallest absolute Gasteiger partial charge is 0.322 e. The molecule has 0 bridgehead atoms. The van der Waals surface area contributed by atoms with Crippen molar-refractivity contribution in [3.05, 3.63) is 59.4 Å². The van der Waals surface area contributed by atoms with Crippen LogP contribution in [-0.4, -0.2) is 38.4 Å². The second-order valence-electron chi connectivity index (χ2n) is 8.57. The molecular formula is C21H26N4O3S. The molecule has 0 saturated carbocycles. The summed E-state index contributed by atoms with van der Waals surface area (Å²) in [6.45, 7) is 7.92. The third kappa shape index (κ3) is 4.11. The van der Waals surface area contributed by atoms with Gasteiger partial charge in [-0.15, -0.1) is 4.72 Å². The molecule has 154 valence electrons. The number of benzene rings is 1. The van der Waals surface area contributed by atoms with E-state index in [1.54, 1.807) is 11.1 Å². The predicted molar refractivity (Wildman–Crippen MR) is 112 cm³/mol. The van der Waals surface area contributed by atoms with Gasteiger partial charge in [0, 0.05) is 42.5 Å². The lowest BCUT2D eigenvalue weighted by atomic mass is 9.89. The van der Waals surface area contributed by atoms with Crippen LogP contribution in [0.5, 0.6) is 0 Å². The average Bonchev–Trinajstić information content (AvgIpc) is 3.09. The first kappa shape index (κ1) is 20.2. The molecule has 8 heteroatoms. The molecule has 2 aliphatic heterocycles. The van der Waals surface area contributed by atoms with E-state index in [0.717, 1.165) is 22.4 Å². The first-order chi connectivity index (χ1) is 13.8. The summed E-state index contributed by atoms with van der Waals surface area (Å²) in [4.78, 5) is 18.5. The summed E-state index contributed by atoms with van der Waals surface area (Å²) in [5.74, 6) is 0. The van der Waals surface area contributed by atoms with E-state index in [9.17, 15) is 9.35 Å². The highest BCUT2D eigenvalue weighted by atomic mass is 32.2. The summed E-state index contributed by atoms with van der Waals surface area (Å²) in [6.07, 6.45) is 3.56. The van der Waals surface area contributed by atoms with Gasteiger partial charge in [0.05, 0.1) is 13.2 Å². The van der Waals surface area contributed by atoms with E-state index in [2.05, 4.69) is 15.0 Å². The molecule has 1 atom stereocenters. The largest absolute Gasteiger partial charge is 0.598 e. The molecule has 2 aliphatic rings. The van der Waals surface area contributed by atoms with Crippen LogP contribution in [0.3, 0.4) is 0 Å². The van der Waals surface area contributed by atoms with Crippen LogP contribution in [0.1, 0.15) is 37.5 Å². The molecule has 1 aromatic carbocycles. The topological polar surface area (TPSA) is 89.5 Å². The minimum absolute atomic E-state index is 0.136. The van der Waals surface area contributed by atoms with Crippen molar-refractivity contribution >= 4 is 23.1 Å². The van der Waals surface area contributed by atoms with Gasteiger partial charge in [0.25, 0.3) is 0 Å². The zero-order valence-corrected chi connectivity index (χ0v) is 17.7. The molecule has 7 nitrogen and oxygen atoms in total. The molecule has 1 saturated heterocycles. The van der Waals surface area contributed by atoms with Crippen molar-refractivity contribution in [3.8, 4) is 0 Å². The number of rotatable bonds is 4. The van der Waals surface area contributed by atoms with Crippen LogP contribution in [0.2, 0.25) is 0 Å². The van der Waals surface area contributed by atoms with Gasteiger partial charge in [0.15, 0.2) is 0 Å². The molecule has 0 aliphatic carbocycles. The minimum Gasteiger partial charge on any atom is -0.598 e. The van der Waals surface area contributed by atoms with Gasteiger partial charge in [0.2, 0.25) is 0 Å². The molecular weight excluding hydrogens is 388 g/mol. The minimum atomic E-state index is -1.20. The van der Waals surface area contributed by atoms with Gasteiger partial charge in [-0.05, 0) is 55.7 Å². The fraction of sp³-hybridized carbons (Fsp3) is 0.429. The van der Waals surface area contributed by atoms with Crippen LogP contribution in [0.4, 0.5) is 10.5 Å². The van der Waals surface area contributed by atoms with Gasteiger partial charge in [0.1, 0.15) is 10.3 Å². The second kappa shape index (κ2) is 7.60. The molecule has 29 heavy (non-hydrogen) atoms. The summed E-state index contributed by atoms with van der Waals surface area (Å²) < 4.78 is 20.9. The number of pyridine rings is 1. The van der Waals surface area contributed by atoms with Crippen molar-refractivity contribution in [3.63, 3.8) is 0 Å². The molecule has 1 fully saturated rings. The Morgan fingerprint density at radius 1 is 1.17 bits per heavy atom. The number of amides is 2. The molecule has 2 N–H and O–H groups in total. The molecule has 0 spiro atoms. The van der Waals surface area contributed by atoms with Crippen molar-refractivity contribution in [2.24, 2.45) is 0 Å². The van der Waals surface area contributed by atoms with Gasteiger partial charge in [-0.1, -0.05) is 12.1 Å². The highest BCUT2D eigenvalue weighted by molar-refractivity contribution is 7.90. The molecule has 3 heterocycles. The van der Waals surface area contributed by atoms with E-state index in [-0.39, 0.29) is 10.8 Å². The molecule has 0 radical (unpaired) electrons. The summed E-state index contributed by atoms with van der Waals surface area (Å²) in [5, 5.41) is 2.95. The molecule has 1 unspecified atom stereocenters. The summed E-state index contributed by atoms with van der Waals surface area (Å²) in [5.41, 5.74) is 3.49. The first-order valence-corrected chi connectivity index (χ1v) is 10.8. The number of carbonyl (C=O) groups is 1. The van der Waals surface area contributed by atoms with Crippen LogP contribution >= 0.6 is 0 Å². The number of carbonyl (C=O) groups excluding carboxylic acids is 1. The number of hydrogen-bond donors (Lipinski definition) is 2. The number of urea groups is 1. The predicted octanol–water partition coefficient (Wildman–Crippen LogP) is 2.91. The number of hydrogen-bond acceptors (Lipinski definition) is 5. The monoisotopic (exact) mass is 414 g/mol. The first-order valence-electron chi connectivity index (χ1n) is 9.63. The van der Waals surface area contributed by atoms with Crippen LogP contribution in [0, 0.1) is 0 Å². The third-order valence-corrected chi connectivity index (χ3v) is 6.93. The zero-order chi connectivity index (χ0) is 20.6. The normalized spacial score (nSPS) is 18.7. The van der Waals surface area contributed by atoms with E-state index < -0.39 is 16.9 Å². The number of nitrogens with one attached hydrogen (secondary N) is 2. The maximum atomic E-state index is 12.6. The number of ether oxygens (including phenoxy) is 1. The van der Waals surface area contributed by atoms with E-state index in [1.165, 1.54) is 0 Å². The van der Waals surface area contributed by atoms with E-state index in [1.807, 2.05) is 57.3 Å². The Morgan fingerprint density at radius 2 is 1.86 bits per heavy atom. The number of aromatic nitrogens is 1. The molecule has 2 aromatic rings. The summed E-state index contributed by atoms with van der Waals surface area (Å²) in [6, 6.07) is 9.47. The highest BCUT2D eigenvalue weighted by Crippen LogP contribution is 2.33. The highest BCUT2D eigenvalue weighted by Gasteiger charge is 2.46. The Morgan fingerprint density at radius 3 is 2.45 bits per heavy atom. The van der Waals surface area contributed by atoms with Crippen molar-refractivity contribution in [2.45, 2.75) is 44.1 Å². The lowest BCUT2D eigenvalue weighted by molar-refractivity contribution is -0.0666. The average molecular weight is 415 g/mol.